The summed E-state index contributed by atoms with van der Waals surface area (Å²) in [4.78, 5) is 7.81. The maximum atomic E-state index is 10.9. The minimum Gasteiger partial charge on any atom is -0.389 e. The summed E-state index contributed by atoms with van der Waals surface area (Å²) in [5.41, 5.74) is -2.20. The first kappa shape index (κ1) is 20.9. The first-order valence-corrected chi connectivity index (χ1v) is 10.7. The van der Waals surface area contributed by atoms with Gasteiger partial charge in [-0.05, 0) is 57.8 Å². The summed E-state index contributed by atoms with van der Waals surface area (Å²) < 4.78 is 6.58. The van der Waals surface area contributed by atoms with Crippen molar-refractivity contribution in [3.63, 3.8) is 0 Å². The van der Waals surface area contributed by atoms with Gasteiger partial charge < -0.3 is 19.5 Å². The molecule has 0 aromatic carbocycles. The van der Waals surface area contributed by atoms with Crippen LogP contribution in [0.5, 0.6) is 0 Å². The Morgan fingerprint density at radius 1 is 1.04 bits per heavy atom. The van der Waals surface area contributed by atoms with Crippen molar-refractivity contribution in [2.24, 2.45) is 17.8 Å². The monoisotopic (exact) mass is 392 g/mol. The summed E-state index contributed by atoms with van der Waals surface area (Å²) in [5.74, 6) is 0.450. The van der Waals surface area contributed by atoms with Crippen molar-refractivity contribution in [1.29, 1.82) is 0 Å². The minimum absolute atomic E-state index is 0.0584. The van der Waals surface area contributed by atoms with Crippen molar-refractivity contribution in [3.8, 4) is 0 Å². The average Bonchev–Trinajstić information content (AvgIpc) is 3.02. The summed E-state index contributed by atoms with van der Waals surface area (Å²) in [7, 11) is 0. The highest BCUT2D eigenvalue weighted by Crippen LogP contribution is 2.59. The third-order valence-electron chi connectivity index (χ3n) is 8.01. The summed E-state index contributed by atoms with van der Waals surface area (Å²) in [5, 5.41) is 10.5. The van der Waals surface area contributed by atoms with Crippen LogP contribution >= 0.6 is 11.6 Å². The van der Waals surface area contributed by atoms with E-state index in [4.69, 9.17) is 29.5 Å². The van der Waals surface area contributed by atoms with E-state index in [0.717, 1.165) is 32.1 Å². The number of fused-ring (bicyclic) bond motifs is 1. The maximum Gasteiger partial charge on any atom is 0.252 e. The molecule has 4 nitrogen and oxygen atoms in total. The molecule has 1 saturated heterocycles. The van der Waals surface area contributed by atoms with Crippen molar-refractivity contribution >= 4 is 11.6 Å². The number of nitrogens with zero attached hydrogens (tertiary/aromatic N) is 2. The highest BCUT2D eigenvalue weighted by Gasteiger charge is 2.63. The van der Waals surface area contributed by atoms with Gasteiger partial charge in [-0.3, -0.25) is 0 Å². The van der Waals surface area contributed by atoms with E-state index in [0.29, 0.717) is 6.42 Å². The minimum atomic E-state index is -0.911. The van der Waals surface area contributed by atoms with E-state index in [2.05, 4.69) is 23.5 Å². The van der Waals surface area contributed by atoms with Gasteiger partial charge in [0.2, 0.25) is 5.54 Å². The van der Waals surface area contributed by atoms with Crippen LogP contribution in [-0.2, 0) is 4.74 Å². The second kappa shape index (κ2) is 6.62. The zero-order chi connectivity index (χ0) is 20.3. The van der Waals surface area contributed by atoms with Crippen LogP contribution in [0.4, 0.5) is 0 Å². The van der Waals surface area contributed by atoms with Gasteiger partial charge in [-0.25, -0.2) is 13.1 Å². The van der Waals surface area contributed by atoms with Crippen molar-refractivity contribution in [2.45, 2.75) is 107 Å². The van der Waals surface area contributed by atoms with Gasteiger partial charge in [-0.1, -0.05) is 0 Å². The van der Waals surface area contributed by atoms with Crippen LogP contribution in [0.3, 0.4) is 0 Å². The van der Waals surface area contributed by atoms with Crippen LogP contribution in [0.25, 0.3) is 9.69 Å². The van der Waals surface area contributed by atoms with Crippen molar-refractivity contribution < 1.29 is 9.84 Å². The lowest BCUT2D eigenvalue weighted by Gasteiger charge is -2.55. The number of ether oxygens (including phenoxy) is 1. The Balaban J connectivity index is 1.94. The first-order valence-electron chi connectivity index (χ1n) is 10.2. The van der Waals surface area contributed by atoms with Crippen LogP contribution in [0, 0.1) is 30.9 Å². The maximum absolute atomic E-state index is 10.9. The van der Waals surface area contributed by atoms with E-state index < -0.39 is 16.7 Å². The molecule has 2 aliphatic carbocycles. The second-order valence-corrected chi connectivity index (χ2v) is 10.8. The zero-order valence-corrected chi connectivity index (χ0v) is 18.0. The summed E-state index contributed by atoms with van der Waals surface area (Å²) in [6.07, 6.45) is 4.93. The van der Waals surface area contributed by atoms with Gasteiger partial charge in [-0.15, -0.1) is 11.6 Å². The lowest BCUT2D eigenvalue weighted by atomic mass is 9.53. The van der Waals surface area contributed by atoms with E-state index in [1.165, 1.54) is 0 Å². The molecule has 1 heterocycles. The van der Waals surface area contributed by atoms with Crippen LogP contribution in [0.15, 0.2) is 0 Å². The molecule has 150 valence electrons. The summed E-state index contributed by atoms with van der Waals surface area (Å²) in [6.45, 7) is 25.3. The predicted octanol–water partition coefficient (Wildman–Crippen LogP) is 5.09. The van der Waals surface area contributed by atoms with Crippen molar-refractivity contribution in [2.75, 3.05) is 0 Å². The first-order chi connectivity index (χ1) is 12.4. The number of hydrogen-bond acceptors (Lipinski definition) is 2. The molecule has 0 amide bonds. The van der Waals surface area contributed by atoms with Gasteiger partial charge in [0, 0.05) is 33.1 Å². The van der Waals surface area contributed by atoms with E-state index in [-0.39, 0.29) is 34.8 Å². The Hall–Kier alpha value is -0.810. The molecule has 3 aliphatic rings. The molecule has 0 bridgehead atoms. The van der Waals surface area contributed by atoms with E-state index in [1.54, 1.807) is 0 Å². The summed E-state index contributed by atoms with van der Waals surface area (Å²) >= 11 is 6.90. The molecule has 3 rings (SSSR count). The van der Waals surface area contributed by atoms with Crippen LogP contribution < -0.4 is 0 Å². The lowest BCUT2D eigenvalue weighted by molar-refractivity contribution is -0.142. The molecule has 5 heteroatoms. The number of rotatable bonds is 2. The zero-order valence-electron chi connectivity index (χ0n) is 17.3. The standard InChI is InChI=1S/C22H33ClN2O2/c1-19(2,24-6)16-10-13-22(5,27-16)15-8-11-20(3,25-7)14-9-12-21(4,26)18(23)17(14)15/h14-18,26H,8-13H2,1-5H3/t14-,15-,16-,17-,18+,20-,21+,22+/m1/s1. The molecule has 2 saturated carbocycles. The highest BCUT2D eigenvalue weighted by molar-refractivity contribution is 6.21. The normalized spacial score (nSPS) is 50.5. The van der Waals surface area contributed by atoms with Crippen molar-refractivity contribution in [1.82, 2.24) is 0 Å². The van der Waals surface area contributed by atoms with Gasteiger partial charge in [0.15, 0.2) is 0 Å². The fourth-order valence-corrected chi connectivity index (χ4v) is 6.45. The van der Waals surface area contributed by atoms with Gasteiger partial charge in [0.25, 0.3) is 5.54 Å². The molecule has 3 fully saturated rings. The molecule has 0 unspecified atom stereocenters. The molecule has 0 aromatic heterocycles. The Bertz CT molecular complexity index is 679. The molecule has 0 radical (unpaired) electrons. The highest BCUT2D eigenvalue weighted by atomic mass is 35.5. The fraction of sp³-hybridized carbons (Fsp3) is 0.909. The third-order valence-corrected chi connectivity index (χ3v) is 8.77. The van der Waals surface area contributed by atoms with Gasteiger partial charge in [0.05, 0.1) is 16.6 Å². The molecule has 27 heavy (non-hydrogen) atoms. The van der Waals surface area contributed by atoms with Crippen LogP contribution in [0.1, 0.15) is 73.1 Å². The molecule has 0 aromatic rings. The van der Waals surface area contributed by atoms with Crippen LogP contribution in [0.2, 0.25) is 0 Å². The smallest absolute Gasteiger partial charge is 0.252 e. The predicted molar refractivity (Wildman–Crippen MR) is 107 cm³/mol. The number of aliphatic hydroxyl groups is 1. The van der Waals surface area contributed by atoms with Crippen LogP contribution in [-0.4, -0.2) is 38.9 Å². The fourth-order valence-electron chi connectivity index (χ4n) is 5.99. The van der Waals surface area contributed by atoms with E-state index in [9.17, 15) is 5.11 Å². The SMILES string of the molecule is [C-]#[N+]C(C)(C)[C@H]1CC[C@@](C)([C@@H]2CC[C@@](C)([N+]#[C-])[C@@H]3CC[C@](C)(O)[C@@H](Cl)[C@H]32)O1. The number of hydrogen-bond donors (Lipinski definition) is 1. The second-order valence-electron chi connectivity index (χ2n) is 10.3. The quantitative estimate of drug-likeness (QED) is 0.524. The molecule has 8 atom stereocenters. The number of alkyl halides is 1. The molecule has 1 aliphatic heterocycles. The Morgan fingerprint density at radius 2 is 1.67 bits per heavy atom. The molecule has 0 spiro atoms. The van der Waals surface area contributed by atoms with Gasteiger partial charge in [0.1, 0.15) is 6.10 Å². The van der Waals surface area contributed by atoms with Crippen molar-refractivity contribution in [3.05, 3.63) is 22.8 Å². The average molecular weight is 393 g/mol. The topological polar surface area (TPSA) is 38.2 Å². The third kappa shape index (κ3) is 3.29. The molecule has 1 N–H and O–H groups in total. The van der Waals surface area contributed by atoms with E-state index in [1.807, 2.05) is 20.8 Å². The summed E-state index contributed by atoms with van der Waals surface area (Å²) in [6, 6.07) is 0. The number of halogens is 1. The lowest BCUT2D eigenvalue weighted by Crippen LogP contribution is -2.61. The largest absolute Gasteiger partial charge is 0.389 e. The van der Waals surface area contributed by atoms with Gasteiger partial charge in [-0.2, -0.15) is 0 Å². The Kier molecular flexibility index (Phi) is 5.13. The molecular weight excluding hydrogens is 360 g/mol. The van der Waals surface area contributed by atoms with Gasteiger partial charge >= 0.3 is 0 Å². The Labute approximate surface area is 169 Å². The molecular formula is C22H33ClN2O2. The Morgan fingerprint density at radius 3 is 2.26 bits per heavy atom. The van der Waals surface area contributed by atoms with E-state index >= 15 is 0 Å².